The largest absolute Gasteiger partial charge is 0.395 e. The predicted molar refractivity (Wildman–Crippen MR) is 172 cm³/mol. The first kappa shape index (κ1) is 31.2. The molecule has 1 amide bonds. The summed E-state index contributed by atoms with van der Waals surface area (Å²) in [4.78, 5) is 26.7. The maximum absolute atomic E-state index is 13.0. The molecule has 0 saturated heterocycles. The van der Waals surface area contributed by atoms with Crippen LogP contribution in [0.3, 0.4) is 0 Å². The Labute approximate surface area is 261 Å². The number of fused-ring (bicyclic) bond motifs is 1. The molecule has 0 aliphatic carbocycles. The van der Waals surface area contributed by atoms with E-state index in [0.717, 1.165) is 44.4 Å². The molecule has 0 radical (unpaired) electrons. The van der Waals surface area contributed by atoms with Gasteiger partial charge in [-0.05, 0) is 53.4 Å². The molecular weight excluding hydrogens is 578 g/mol. The Hall–Kier alpha value is -4.25. The van der Waals surface area contributed by atoms with Crippen molar-refractivity contribution in [2.45, 2.75) is 26.2 Å². The van der Waals surface area contributed by atoms with Gasteiger partial charge in [0.05, 0.1) is 28.5 Å². The molecule has 0 fully saturated rings. The molecule has 0 unspecified atom stereocenters. The fraction of sp³-hybridized carbons (Fsp3) is 0.235. The van der Waals surface area contributed by atoms with Gasteiger partial charge in [-0.2, -0.15) is 0 Å². The molecular formula is C34H34ClN5O4. The Morgan fingerprint density at radius 1 is 0.977 bits per heavy atom. The molecule has 0 spiro atoms. The number of hydrogen-bond acceptors (Lipinski definition) is 8. The molecule has 0 aliphatic heterocycles. The van der Waals surface area contributed by atoms with Crippen molar-refractivity contribution in [1.82, 2.24) is 20.3 Å². The SMILES string of the molecule is COC(OC)c1ccc(C(=O)Nc2cccc(-c3cccc(Cc4nccc5cc(CNCCO)cnc45)c3C)c2Cl)nc1. The molecule has 9 nitrogen and oxygen atoms in total. The van der Waals surface area contributed by atoms with Gasteiger partial charge in [0.1, 0.15) is 5.69 Å². The van der Waals surface area contributed by atoms with Crippen molar-refractivity contribution in [3.63, 3.8) is 0 Å². The summed E-state index contributed by atoms with van der Waals surface area (Å²) in [6.45, 7) is 3.32. The van der Waals surface area contributed by atoms with Crippen LogP contribution in [0, 0.1) is 6.92 Å². The Balaban J connectivity index is 1.37. The first-order valence-electron chi connectivity index (χ1n) is 14.2. The smallest absolute Gasteiger partial charge is 0.274 e. The normalized spacial score (nSPS) is 11.3. The average molecular weight is 612 g/mol. The second-order valence-corrected chi connectivity index (χ2v) is 10.6. The maximum Gasteiger partial charge on any atom is 0.274 e. The minimum atomic E-state index is -0.560. The van der Waals surface area contributed by atoms with Gasteiger partial charge in [0, 0.05) is 68.8 Å². The van der Waals surface area contributed by atoms with E-state index in [0.29, 0.717) is 35.8 Å². The lowest BCUT2D eigenvalue weighted by Crippen LogP contribution is -2.17. The number of carbonyl (C=O) groups excluding carboxylic acids is 1. The predicted octanol–water partition coefficient (Wildman–Crippen LogP) is 5.87. The Kier molecular flexibility index (Phi) is 10.3. The number of aromatic nitrogens is 3. The quantitative estimate of drug-likeness (QED) is 0.118. The van der Waals surface area contributed by atoms with E-state index in [1.807, 2.05) is 42.7 Å². The molecule has 3 aromatic heterocycles. The van der Waals surface area contributed by atoms with Crippen LogP contribution >= 0.6 is 11.6 Å². The standard InChI is InChI=1S/C34H34ClN5O4/c1-21-23(17-30-32-24(12-13-37-30)16-22(19-39-32)18-36-14-15-41)6-4-7-26(21)27-8-5-9-28(31(27)35)40-33(42)29-11-10-25(20-38-29)34(43-2)44-3/h4-13,16,19-20,34,36,41H,14-15,17-18H2,1-3H3,(H,40,42). The van der Waals surface area contributed by atoms with Crippen LogP contribution in [0.15, 0.2) is 79.3 Å². The summed E-state index contributed by atoms with van der Waals surface area (Å²) >= 11 is 6.89. The number of ether oxygens (including phenoxy) is 2. The molecule has 44 heavy (non-hydrogen) atoms. The zero-order valence-corrected chi connectivity index (χ0v) is 25.6. The molecule has 3 heterocycles. The first-order valence-corrected chi connectivity index (χ1v) is 14.6. The van der Waals surface area contributed by atoms with Gasteiger partial charge in [-0.15, -0.1) is 0 Å². The van der Waals surface area contributed by atoms with Crippen LogP contribution in [0.2, 0.25) is 5.02 Å². The maximum atomic E-state index is 13.0. The molecule has 0 atom stereocenters. The van der Waals surface area contributed by atoms with Crippen molar-refractivity contribution in [2.24, 2.45) is 0 Å². The highest BCUT2D eigenvalue weighted by atomic mass is 35.5. The highest BCUT2D eigenvalue weighted by Crippen LogP contribution is 2.37. The molecule has 3 N–H and O–H groups in total. The van der Waals surface area contributed by atoms with Gasteiger partial charge in [0.2, 0.25) is 0 Å². The van der Waals surface area contributed by atoms with Crippen molar-refractivity contribution >= 4 is 34.1 Å². The van der Waals surface area contributed by atoms with Crippen LogP contribution in [-0.2, 0) is 22.4 Å². The summed E-state index contributed by atoms with van der Waals surface area (Å²) in [6, 6.07) is 19.1. The summed E-state index contributed by atoms with van der Waals surface area (Å²) in [5.74, 6) is -0.380. The van der Waals surface area contributed by atoms with Crippen molar-refractivity contribution in [3.05, 3.63) is 118 Å². The number of methoxy groups -OCH3 is 2. The number of nitrogens with one attached hydrogen (secondary N) is 2. The number of anilines is 1. The van der Waals surface area contributed by atoms with Crippen molar-refractivity contribution < 1.29 is 19.4 Å². The van der Waals surface area contributed by atoms with Crippen LogP contribution in [0.4, 0.5) is 5.69 Å². The van der Waals surface area contributed by atoms with E-state index in [-0.39, 0.29) is 18.2 Å². The zero-order chi connectivity index (χ0) is 31.1. The van der Waals surface area contributed by atoms with Crippen LogP contribution in [0.1, 0.15) is 44.7 Å². The third-order valence-corrected chi connectivity index (χ3v) is 7.82. The van der Waals surface area contributed by atoms with Gasteiger partial charge in [-0.3, -0.25) is 19.7 Å². The Morgan fingerprint density at radius 3 is 2.52 bits per heavy atom. The van der Waals surface area contributed by atoms with Gasteiger partial charge < -0.3 is 25.2 Å². The van der Waals surface area contributed by atoms with E-state index < -0.39 is 6.29 Å². The minimum Gasteiger partial charge on any atom is -0.395 e. The van der Waals surface area contributed by atoms with E-state index in [1.165, 1.54) is 14.2 Å². The number of hydrogen-bond donors (Lipinski definition) is 3. The number of carbonyl (C=O) groups is 1. The number of aliphatic hydroxyl groups is 1. The van der Waals surface area contributed by atoms with Crippen molar-refractivity contribution in [2.75, 3.05) is 32.7 Å². The third kappa shape index (κ3) is 6.93. The van der Waals surface area contributed by atoms with Crippen LogP contribution < -0.4 is 10.6 Å². The number of aliphatic hydroxyl groups excluding tert-OH is 1. The third-order valence-electron chi connectivity index (χ3n) is 7.41. The fourth-order valence-corrected chi connectivity index (χ4v) is 5.39. The molecule has 5 aromatic rings. The molecule has 226 valence electrons. The number of nitrogens with zero attached hydrogens (tertiary/aromatic N) is 3. The van der Waals surface area contributed by atoms with Crippen LogP contribution in [0.5, 0.6) is 0 Å². The highest BCUT2D eigenvalue weighted by Gasteiger charge is 2.17. The summed E-state index contributed by atoms with van der Waals surface area (Å²) in [5, 5.41) is 16.6. The van der Waals surface area contributed by atoms with E-state index in [4.69, 9.17) is 31.2 Å². The number of halogens is 1. The lowest BCUT2D eigenvalue weighted by atomic mass is 9.93. The number of pyridine rings is 3. The van der Waals surface area contributed by atoms with Gasteiger partial charge in [-0.25, -0.2) is 0 Å². The topological polar surface area (TPSA) is 118 Å². The molecule has 0 saturated carbocycles. The highest BCUT2D eigenvalue weighted by molar-refractivity contribution is 6.36. The lowest BCUT2D eigenvalue weighted by Gasteiger charge is -2.16. The summed E-state index contributed by atoms with van der Waals surface area (Å²) in [6.07, 6.45) is 5.24. The van der Waals surface area contributed by atoms with Crippen LogP contribution in [-0.4, -0.2) is 53.3 Å². The van der Waals surface area contributed by atoms with Crippen molar-refractivity contribution in [3.8, 4) is 11.1 Å². The van der Waals surface area contributed by atoms with E-state index >= 15 is 0 Å². The number of rotatable bonds is 12. The second kappa shape index (κ2) is 14.5. The number of amides is 1. The number of benzene rings is 2. The first-order chi connectivity index (χ1) is 21.4. The van der Waals surface area contributed by atoms with Crippen LogP contribution in [0.25, 0.3) is 22.0 Å². The van der Waals surface area contributed by atoms with Gasteiger partial charge in [0.25, 0.3) is 5.91 Å². The summed E-state index contributed by atoms with van der Waals surface area (Å²) in [7, 11) is 3.07. The Bertz CT molecular complexity index is 1760. The molecule has 0 aliphatic rings. The zero-order valence-electron chi connectivity index (χ0n) is 24.8. The van der Waals surface area contributed by atoms with E-state index in [2.05, 4.69) is 39.7 Å². The Morgan fingerprint density at radius 2 is 1.77 bits per heavy atom. The summed E-state index contributed by atoms with van der Waals surface area (Å²) < 4.78 is 10.5. The second-order valence-electron chi connectivity index (χ2n) is 10.2. The molecule has 10 heteroatoms. The van der Waals surface area contributed by atoms with E-state index in [9.17, 15) is 4.79 Å². The minimum absolute atomic E-state index is 0.0925. The fourth-order valence-electron chi connectivity index (χ4n) is 5.12. The average Bonchev–Trinajstić information content (AvgIpc) is 3.04. The van der Waals surface area contributed by atoms with Gasteiger partial charge in [-0.1, -0.05) is 48.0 Å². The van der Waals surface area contributed by atoms with Gasteiger partial charge >= 0.3 is 0 Å². The molecule has 0 bridgehead atoms. The van der Waals surface area contributed by atoms with E-state index in [1.54, 1.807) is 24.4 Å². The molecule has 2 aromatic carbocycles. The monoisotopic (exact) mass is 611 g/mol. The molecule has 5 rings (SSSR count). The lowest BCUT2D eigenvalue weighted by molar-refractivity contribution is -0.106. The van der Waals surface area contributed by atoms with Gasteiger partial charge in [0.15, 0.2) is 6.29 Å². The summed E-state index contributed by atoms with van der Waals surface area (Å²) in [5.41, 5.74) is 8.13. The van der Waals surface area contributed by atoms with Crippen molar-refractivity contribution in [1.29, 1.82) is 0 Å².